The summed E-state index contributed by atoms with van der Waals surface area (Å²) in [4.78, 5) is 11.6. The van der Waals surface area contributed by atoms with E-state index in [0.29, 0.717) is 22.8 Å². The number of hydrogen-bond acceptors (Lipinski definition) is 3. The molecule has 0 bridgehead atoms. The number of methoxy groups -OCH3 is 2. The van der Waals surface area contributed by atoms with E-state index in [1.165, 1.54) is 7.11 Å². The number of carbonyl (C=O) groups is 1. The number of esters is 1. The predicted octanol–water partition coefficient (Wildman–Crippen LogP) is 2.24. The Hall–Kier alpha value is -1.95. The Morgan fingerprint density at radius 3 is 2.71 bits per heavy atom. The van der Waals surface area contributed by atoms with Crippen molar-refractivity contribution in [3.05, 3.63) is 29.3 Å². The Morgan fingerprint density at radius 1 is 1.35 bits per heavy atom. The largest absolute Gasteiger partial charge is 0.497 e. The van der Waals surface area contributed by atoms with Gasteiger partial charge < -0.3 is 9.47 Å². The first-order chi connectivity index (χ1) is 8.24. The van der Waals surface area contributed by atoms with Crippen LogP contribution in [0.5, 0.6) is 5.75 Å². The number of ether oxygens (including phenoxy) is 2. The van der Waals surface area contributed by atoms with Crippen LogP contribution in [0.25, 0.3) is 0 Å². The highest BCUT2D eigenvalue weighted by Crippen LogP contribution is 2.28. The first-order valence-electron chi connectivity index (χ1n) is 5.52. The van der Waals surface area contributed by atoms with Gasteiger partial charge in [0.1, 0.15) is 5.75 Å². The van der Waals surface area contributed by atoms with Crippen LogP contribution in [-0.2, 0) is 4.74 Å². The van der Waals surface area contributed by atoms with Crippen LogP contribution in [-0.4, -0.2) is 20.2 Å². The van der Waals surface area contributed by atoms with E-state index < -0.39 is 0 Å². The Morgan fingerprint density at radius 2 is 2.12 bits per heavy atom. The molecule has 3 heteroatoms. The Balaban J connectivity index is 2.36. The predicted molar refractivity (Wildman–Crippen MR) is 63.9 cm³/mol. The van der Waals surface area contributed by atoms with Crippen molar-refractivity contribution in [3.63, 3.8) is 0 Å². The molecule has 1 aliphatic carbocycles. The molecule has 0 spiro atoms. The number of carbonyl (C=O) groups excluding carboxylic acids is 1. The molecule has 88 valence electrons. The van der Waals surface area contributed by atoms with Gasteiger partial charge in [0.2, 0.25) is 0 Å². The Kier molecular flexibility index (Phi) is 3.34. The van der Waals surface area contributed by atoms with Crippen LogP contribution in [0.1, 0.15) is 28.8 Å². The lowest BCUT2D eigenvalue weighted by molar-refractivity contribution is 0.0600. The third-order valence-corrected chi connectivity index (χ3v) is 2.62. The van der Waals surface area contributed by atoms with E-state index in [-0.39, 0.29) is 5.97 Å². The van der Waals surface area contributed by atoms with Gasteiger partial charge in [-0.15, -0.1) is 0 Å². The average molecular weight is 230 g/mol. The third-order valence-electron chi connectivity index (χ3n) is 2.62. The first kappa shape index (κ1) is 11.5. The highest BCUT2D eigenvalue weighted by atomic mass is 16.5. The SMILES string of the molecule is COC(=O)c1ccc(OC)cc1C#CC1CC1. The zero-order valence-corrected chi connectivity index (χ0v) is 9.95. The molecule has 0 atom stereocenters. The molecule has 0 saturated heterocycles. The lowest BCUT2D eigenvalue weighted by Gasteiger charge is -2.05. The summed E-state index contributed by atoms with van der Waals surface area (Å²) in [6, 6.07) is 5.18. The maximum Gasteiger partial charge on any atom is 0.339 e. The van der Waals surface area contributed by atoms with Crippen molar-refractivity contribution < 1.29 is 14.3 Å². The summed E-state index contributed by atoms with van der Waals surface area (Å²) in [6.07, 6.45) is 2.31. The summed E-state index contributed by atoms with van der Waals surface area (Å²) >= 11 is 0. The fraction of sp³-hybridized carbons (Fsp3) is 0.357. The molecular weight excluding hydrogens is 216 g/mol. The summed E-state index contributed by atoms with van der Waals surface area (Å²) in [5.41, 5.74) is 1.16. The molecule has 3 nitrogen and oxygen atoms in total. The Bertz CT molecular complexity index is 490. The highest BCUT2D eigenvalue weighted by molar-refractivity contribution is 5.92. The number of hydrogen-bond donors (Lipinski definition) is 0. The normalized spacial score (nSPS) is 13.5. The third kappa shape index (κ3) is 2.79. The molecule has 0 aliphatic heterocycles. The minimum absolute atomic E-state index is 0.368. The van der Waals surface area contributed by atoms with Gasteiger partial charge in [-0.2, -0.15) is 0 Å². The Labute approximate surface area is 101 Å². The van der Waals surface area contributed by atoms with E-state index in [2.05, 4.69) is 11.8 Å². The van der Waals surface area contributed by atoms with Gasteiger partial charge in [-0.1, -0.05) is 11.8 Å². The number of benzene rings is 1. The van der Waals surface area contributed by atoms with Crippen molar-refractivity contribution in [3.8, 4) is 17.6 Å². The average Bonchev–Trinajstić information content (AvgIpc) is 3.19. The van der Waals surface area contributed by atoms with E-state index >= 15 is 0 Å². The standard InChI is InChI=1S/C14H14O3/c1-16-12-7-8-13(14(15)17-2)11(9-12)6-5-10-3-4-10/h7-10H,3-4H2,1-2H3. The van der Waals surface area contributed by atoms with Crippen LogP contribution >= 0.6 is 0 Å². The second-order valence-electron chi connectivity index (χ2n) is 3.95. The lowest BCUT2D eigenvalue weighted by atomic mass is 10.1. The van der Waals surface area contributed by atoms with E-state index in [1.807, 2.05) is 0 Å². The molecule has 1 aromatic carbocycles. The van der Waals surface area contributed by atoms with Crippen LogP contribution in [0, 0.1) is 17.8 Å². The molecule has 0 N–H and O–H groups in total. The molecule has 2 rings (SSSR count). The van der Waals surface area contributed by atoms with Gasteiger partial charge in [0.05, 0.1) is 19.8 Å². The van der Waals surface area contributed by atoms with Gasteiger partial charge in [-0.3, -0.25) is 0 Å². The zero-order valence-electron chi connectivity index (χ0n) is 9.95. The van der Waals surface area contributed by atoms with Crippen molar-refractivity contribution in [1.29, 1.82) is 0 Å². The summed E-state index contributed by atoms with van der Waals surface area (Å²) in [6.45, 7) is 0. The van der Waals surface area contributed by atoms with Gasteiger partial charge in [0, 0.05) is 11.5 Å². The fourth-order valence-corrected chi connectivity index (χ4v) is 1.45. The molecule has 0 aromatic heterocycles. The van der Waals surface area contributed by atoms with Crippen molar-refractivity contribution in [2.75, 3.05) is 14.2 Å². The topological polar surface area (TPSA) is 35.5 Å². The lowest BCUT2D eigenvalue weighted by Crippen LogP contribution is -2.04. The van der Waals surface area contributed by atoms with Crippen LogP contribution < -0.4 is 4.74 Å². The van der Waals surface area contributed by atoms with E-state index in [1.54, 1.807) is 25.3 Å². The maximum absolute atomic E-state index is 11.6. The van der Waals surface area contributed by atoms with Crippen molar-refractivity contribution in [2.24, 2.45) is 5.92 Å². The molecule has 17 heavy (non-hydrogen) atoms. The highest BCUT2D eigenvalue weighted by Gasteiger charge is 2.18. The molecule has 0 heterocycles. The van der Waals surface area contributed by atoms with Gasteiger partial charge in [0.15, 0.2) is 0 Å². The first-order valence-corrected chi connectivity index (χ1v) is 5.52. The minimum Gasteiger partial charge on any atom is -0.497 e. The molecule has 0 amide bonds. The van der Waals surface area contributed by atoms with Gasteiger partial charge in [-0.25, -0.2) is 4.79 Å². The van der Waals surface area contributed by atoms with Gasteiger partial charge in [0.25, 0.3) is 0 Å². The van der Waals surface area contributed by atoms with Crippen molar-refractivity contribution >= 4 is 5.97 Å². The van der Waals surface area contributed by atoms with Crippen LogP contribution in [0.2, 0.25) is 0 Å². The summed E-state index contributed by atoms with van der Waals surface area (Å²) in [5.74, 6) is 6.98. The summed E-state index contributed by atoms with van der Waals surface area (Å²) < 4.78 is 9.85. The molecule has 1 aliphatic rings. The fourth-order valence-electron chi connectivity index (χ4n) is 1.45. The molecule has 1 aromatic rings. The second-order valence-corrected chi connectivity index (χ2v) is 3.95. The molecular formula is C14H14O3. The van der Waals surface area contributed by atoms with Crippen LogP contribution in [0.15, 0.2) is 18.2 Å². The van der Waals surface area contributed by atoms with Gasteiger partial charge >= 0.3 is 5.97 Å². The smallest absolute Gasteiger partial charge is 0.339 e. The maximum atomic E-state index is 11.6. The monoisotopic (exact) mass is 230 g/mol. The van der Waals surface area contributed by atoms with E-state index in [4.69, 9.17) is 9.47 Å². The van der Waals surface area contributed by atoms with Crippen molar-refractivity contribution in [2.45, 2.75) is 12.8 Å². The molecule has 0 radical (unpaired) electrons. The minimum atomic E-state index is -0.368. The van der Waals surface area contributed by atoms with Crippen LogP contribution in [0.4, 0.5) is 0 Å². The van der Waals surface area contributed by atoms with E-state index in [9.17, 15) is 4.79 Å². The molecule has 1 saturated carbocycles. The summed E-state index contributed by atoms with van der Waals surface area (Å²) in [7, 11) is 2.95. The summed E-state index contributed by atoms with van der Waals surface area (Å²) in [5, 5.41) is 0. The van der Waals surface area contributed by atoms with E-state index in [0.717, 1.165) is 12.8 Å². The van der Waals surface area contributed by atoms with Gasteiger partial charge in [-0.05, 0) is 31.0 Å². The second kappa shape index (κ2) is 4.92. The molecule has 1 fully saturated rings. The number of rotatable bonds is 2. The quantitative estimate of drug-likeness (QED) is 0.577. The van der Waals surface area contributed by atoms with Crippen molar-refractivity contribution in [1.82, 2.24) is 0 Å². The van der Waals surface area contributed by atoms with Crippen LogP contribution in [0.3, 0.4) is 0 Å². The zero-order chi connectivity index (χ0) is 12.3. The molecule has 0 unspecified atom stereocenters.